The lowest BCUT2D eigenvalue weighted by atomic mass is 10.0. The number of carboxylic acid groups (broad SMARTS) is 1. The minimum Gasteiger partial charge on any atom is -0.504 e. The molecule has 0 radical (unpaired) electrons. The van der Waals surface area contributed by atoms with Gasteiger partial charge in [-0.25, -0.2) is 4.79 Å². The van der Waals surface area contributed by atoms with Crippen molar-refractivity contribution in [3.05, 3.63) is 23.8 Å². The molecule has 0 aromatic heterocycles. The van der Waals surface area contributed by atoms with Crippen LogP contribution in [0.25, 0.3) is 0 Å². The van der Waals surface area contributed by atoms with E-state index in [4.69, 9.17) is 0 Å². The fraction of sp³-hybridized carbons (Fsp3) is 0.429. The number of carbonyl (C=O) groups excluding carboxylic acids is 1. The summed E-state index contributed by atoms with van der Waals surface area (Å²) in [5, 5.41) is 30.4. The highest BCUT2D eigenvalue weighted by Gasteiger charge is 2.28. The Hall–Kier alpha value is -1.89. The molecule has 2 rings (SSSR count). The number of phenolic OH excluding ortho intramolecular Hbond substituents is 2. The lowest BCUT2D eigenvalue weighted by Crippen LogP contribution is -2.45. The Morgan fingerprint density at radius 3 is 2.67 bits per heavy atom. The van der Waals surface area contributed by atoms with Gasteiger partial charge in [-0.2, -0.15) is 11.8 Å². The van der Waals surface area contributed by atoms with Crippen LogP contribution >= 0.6 is 11.8 Å². The number of amides is 1. The number of hydrogen-bond donors (Lipinski definition) is 4. The Kier molecular flexibility index (Phi) is 4.95. The van der Waals surface area contributed by atoms with Gasteiger partial charge in [0.05, 0.1) is 0 Å². The Balaban J connectivity index is 2.03. The third-order valence-electron chi connectivity index (χ3n) is 3.39. The van der Waals surface area contributed by atoms with Gasteiger partial charge in [-0.05, 0) is 29.9 Å². The number of aliphatic carboxylic acids is 1. The minimum atomic E-state index is -1.12. The Labute approximate surface area is 126 Å². The molecule has 1 heterocycles. The fourth-order valence-corrected chi connectivity index (χ4v) is 3.38. The number of phenols is 2. The van der Waals surface area contributed by atoms with Crippen molar-refractivity contribution in [2.45, 2.75) is 18.9 Å². The van der Waals surface area contributed by atoms with E-state index in [-0.39, 0.29) is 29.7 Å². The molecule has 1 saturated heterocycles. The number of rotatable bonds is 5. The molecule has 114 valence electrons. The Morgan fingerprint density at radius 1 is 1.33 bits per heavy atom. The summed E-state index contributed by atoms with van der Waals surface area (Å²) in [6.45, 7) is 0. The first-order chi connectivity index (χ1) is 9.97. The van der Waals surface area contributed by atoms with Crippen LogP contribution < -0.4 is 5.32 Å². The van der Waals surface area contributed by atoms with Crippen LogP contribution in [0.2, 0.25) is 0 Å². The van der Waals surface area contributed by atoms with Crippen molar-refractivity contribution in [2.24, 2.45) is 5.92 Å². The molecule has 4 N–H and O–H groups in total. The van der Waals surface area contributed by atoms with Gasteiger partial charge in [0.2, 0.25) is 5.91 Å². The normalized spacial score (nSPS) is 19.1. The average Bonchev–Trinajstić information content (AvgIpc) is 2.96. The van der Waals surface area contributed by atoms with Crippen molar-refractivity contribution in [3.8, 4) is 11.5 Å². The maximum Gasteiger partial charge on any atom is 0.326 e. The highest BCUT2D eigenvalue weighted by molar-refractivity contribution is 7.99. The average molecular weight is 311 g/mol. The number of benzene rings is 1. The van der Waals surface area contributed by atoms with Gasteiger partial charge in [-0.3, -0.25) is 4.79 Å². The Morgan fingerprint density at radius 2 is 2.10 bits per heavy atom. The second-order valence-corrected chi connectivity index (χ2v) is 6.14. The van der Waals surface area contributed by atoms with Crippen LogP contribution in [-0.2, 0) is 16.0 Å². The van der Waals surface area contributed by atoms with E-state index in [1.165, 1.54) is 18.2 Å². The van der Waals surface area contributed by atoms with Crippen molar-refractivity contribution in [1.29, 1.82) is 0 Å². The van der Waals surface area contributed by atoms with E-state index in [1.807, 2.05) is 0 Å². The summed E-state index contributed by atoms with van der Waals surface area (Å²) in [5.41, 5.74) is 0.527. The van der Waals surface area contributed by atoms with Crippen molar-refractivity contribution < 1.29 is 24.9 Å². The highest BCUT2D eigenvalue weighted by Crippen LogP contribution is 2.26. The maximum absolute atomic E-state index is 12.0. The van der Waals surface area contributed by atoms with E-state index in [9.17, 15) is 24.9 Å². The summed E-state index contributed by atoms with van der Waals surface area (Å²) in [6, 6.07) is 3.05. The van der Waals surface area contributed by atoms with Gasteiger partial charge in [0.15, 0.2) is 11.5 Å². The first-order valence-electron chi connectivity index (χ1n) is 6.59. The number of carboxylic acids is 1. The van der Waals surface area contributed by atoms with Gasteiger partial charge < -0.3 is 20.6 Å². The van der Waals surface area contributed by atoms with E-state index >= 15 is 0 Å². The number of hydrogen-bond acceptors (Lipinski definition) is 5. The molecule has 1 aromatic carbocycles. The number of carbonyl (C=O) groups is 2. The largest absolute Gasteiger partial charge is 0.504 e. The van der Waals surface area contributed by atoms with E-state index in [2.05, 4.69) is 5.32 Å². The zero-order valence-electron chi connectivity index (χ0n) is 11.3. The van der Waals surface area contributed by atoms with Crippen LogP contribution in [0.15, 0.2) is 18.2 Å². The summed E-state index contributed by atoms with van der Waals surface area (Å²) in [7, 11) is 0. The molecular weight excluding hydrogens is 294 g/mol. The zero-order chi connectivity index (χ0) is 15.4. The molecule has 1 aliphatic rings. The molecule has 0 saturated carbocycles. The molecule has 1 unspecified atom stereocenters. The molecule has 0 bridgehead atoms. The van der Waals surface area contributed by atoms with Gasteiger partial charge in [-0.1, -0.05) is 6.07 Å². The number of nitrogens with one attached hydrogen (secondary N) is 1. The van der Waals surface area contributed by atoms with Gasteiger partial charge >= 0.3 is 5.97 Å². The molecule has 7 heteroatoms. The summed E-state index contributed by atoms with van der Waals surface area (Å²) in [4.78, 5) is 23.3. The first kappa shape index (κ1) is 15.5. The third kappa shape index (κ3) is 4.04. The van der Waals surface area contributed by atoms with Crippen molar-refractivity contribution in [3.63, 3.8) is 0 Å². The van der Waals surface area contributed by atoms with Crippen LogP contribution in [-0.4, -0.2) is 44.7 Å². The topological polar surface area (TPSA) is 107 Å². The molecular formula is C14H17NO5S. The molecule has 1 aromatic rings. The molecule has 21 heavy (non-hydrogen) atoms. The maximum atomic E-state index is 12.0. The van der Waals surface area contributed by atoms with Crippen LogP contribution in [0, 0.1) is 5.92 Å². The van der Waals surface area contributed by atoms with Gasteiger partial charge in [0.1, 0.15) is 6.04 Å². The van der Waals surface area contributed by atoms with Crippen LogP contribution in [0.1, 0.15) is 12.0 Å². The van der Waals surface area contributed by atoms with E-state index < -0.39 is 12.0 Å². The summed E-state index contributed by atoms with van der Waals surface area (Å²) in [5.74, 6) is -0.436. The summed E-state index contributed by atoms with van der Waals surface area (Å²) in [6.07, 6.45) is 0.817. The molecule has 1 amide bonds. The minimum absolute atomic E-state index is 0.0504. The van der Waals surface area contributed by atoms with Gasteiger partial charge in [0, 0.05) is 18.1 Å². The first-order valence-corrected chi connectivity index (χ1v) is 7.74. The van der Waals surface area contributed by atoms with Crippen molar-refractivity contribution in [2.75, 3.05) is 11.5 Å². The second-order valence-electron chi connectivity index (χ2n) is 4.99. The monoisotopic (exact) mass is 311 g/mol. The smallest absolute Gasteiger partial charge is 0.326 e. The summed E-state index contributed by atoms with van der Waals surface area (Å²) >= 11 is 1.68. The lowest BCUT2D eigenvalue weighted by Gasteiger charge is -2.17. The highest BCUT2D eigenvalue weighted by atomic mass is 32.2. The quantitative estimate of drug-likeness (QED) is 0.604. The lowest BCUT2D eigenvalue weighted by molar-refractivity contribution is -0.142. The van der Waals surface area contributed by atoms with Crippen LogP contribution in [0.4, 0.5) is 0 Å². The van der Waals surface area contributed by atoms with Crippen molar-refractivity contribution in [1.82, 2.24) is 5.32 Å². The third-order valence-corrected chi connectivity index (χ3v) is 4.56. The predicted octanol–water partition coefficient (Wildman–Crippen LogP) is 0.963. The van der Waals surface area contributed by atoms with Crippen molar-refractivity contribution >= 4 is 23.6 Å². The molecule has 0 spiro atoms. The van der Waals surface area contributed by atoms with Gasteiger partial charge in [0.25, 0.3) is 0 Å². The van der Waals surface area contributed by atoms with Gasteiger partial charge in [-0.15, -0.1) is 0 Å². The Bertz CT molecular complexity index is 542. The molecule has 1 fully saturated rings. The zero-order valence-corrected chi connectivity index (χ0v) is 12.1. The second kappa shape index (κ2) is 6.71. The molecule has 2 atom stereocenters. The SMILES string of the molecule is O=C(N[C@@H](Cc1ccc(O)c(O)c1)C(=O)O)C1CCSC1. The van der Waals surface area contributed by atoms with Crippen LogP contribution in [0.5, 0.6) is 11.5 Å². The summed E-state index contributed by atoms with van der Waals surface area (Å²) < 4.78 is 0. The fourth-order valence-electron chi connectivity index (χ4n) is 2.16. The number of aromatic hydroxyl groups is 2. The van der Waals surface area contributed by atoms with E-state index in [0.29, 0.717) is 5.56 Å². The number of thioether (sulfide) groups is 1. The predicted molar refractivity (Wildman–Crippen MR) is 78.5 cm³/mol. The van der Waals surface area contributed by atoms with Crippen LogP contribution in [0.3, 0.4) is 0 Å². The standard InChI is InChI=1S/C14H17NO5S/c16-11-2-1-8(6-12(11)17)5-10(14(19)20)15-13(18)9-3-4-21-7-9/h1-2,6,9-10,16-17H,3-5,7H2,(H,15,18)(H,19,20)/t9?,10-/m0/s1. The molecule has 0 aliphatic carbocycles. The van der Waals surface area contributed by atoms with E-state index in [0.717, 1.165) is 17.9 Å². The van der Waals surface area contributed by atoms with E-state index in [1.54, 1.807) is 11.8 Å². The molecule has 6 nitrogen and oxygen atoms in total. The molecule has 1 aliphatic heterocycles.